The van der Waals surface area contributed by atoms with Crippen molar-refractivity contribution in [1.29, 1.82) is 0 Å². The maximum absolute atomic E-state index is 13.0. The number of aliphatic hydroxyl groups is 1. The summed E-state index contributed by atoms with van der Waals surface area (Å²) < 4.78 is 60.5. The second-order valence-electron chi connectivity index (χ2n) is 8.49. The third kappa shape index (κ3) is 6.42. The van der Waals surface area contributed by atoms with E-state index in [4.69, 9.17) is 0 Å². The molecular weight excluding hydrogens is 488 g/mol. The number of halogens is 4. The molecule has 4 rings (SSSR count). The third-order valence-electron chi connectivity index (χ3n) is 6.01. The molecule has 2 atom stereocenters. The molecule has 5 nitrogen and oxygen atoms in total. The van der Waals surface area contributed by atoms with Crippen LogP contribution in [0.15, 0.2) is 91.4 Å². The van der Waals surface area contributed by atoms with Crippen LogP contribution in [-0.4, -0.2) is 28.3 Å². The molecule has 37 heavy (non-hydrogen) atoms. The lowest BCUT2D eigenvalue weighted by Crippen LogP contribution is -2.24. The van der Waals surface area contributed by atoms with E-state index < -0.39 is 36.2 Å². The standard InChI is InChI=1S/C28H24F4N2O3/c1-28(35,21-5-3-2-4-6-21)25-10-8-20(17-34-25)22(15-18-11-13-33-14-12-18)19-7-9-23(36-26(29)30)24(16-19)37-27(31)32/h2-14,16-17,22,26-27,35H,15H2,1H3/t22-,28-/m0/s1. The highest BCUT2D eigenvalue weighted by molar-refractivity contribution is 5.47. The van der Waals surface area contributed by atoms with Crippen molar-refractivity contribution in [1.82, 2.24) is 9.97 Å². The van der Waals surface area contributed by atoms with Crippen molar-refractivity contribution >= 4 is 0 Å². The van der Waals surface area contributed by atoms with E-state index in [9.17, 15) is 22.7 Å². The van der Waals surface area contributed by atoms with Crippen LogP contribution in [-0.2, 0) is 12.0 Å². The van der Waals surface area contributed by atoms with E-state index >= 15 is 0 Å². The van der Waals surface area contributed by atoms with Gasteiger partial charge in [0.25, 0.3) is 0 Å². The van der Waals surface area contributed by atoms with Gasteiger partial charge in [-0.1, -0.05) is 42.5 Å². The van der Waals surface area contributed by atoms with Crippen molar-refractivity contribution in [3.8, 4) is 11.5 Å². The van der Waals surface area contributed by atoms with Crippen LogP contribution in [0.1, 0.15) is 40.8 Å². The zero-order valence-corrected chi connectivity index (χ0v) is 19.8. The van der Waals surface area contributed by atoms with Crippen molar-refractivity contribution in [2.24, 2.45) is 0 Å². The van der Waals surface area contributed by atoms with Crippen LogP contribution in [0.5, 0.6) is 11.5 Å². The molecule has 1 N–H and O–H groups in total. The lowest BCUT2D eigenvalue weighted by Gasteiger charge is -2.25. The molecule has 0 spiro atoms. The quantitative estimate of drug-likeness (QED) is 0.252. The average molecular weight is 513 g/mol. The van der Waals surface area contributed by atoms with Crippen LogP contribution in [0, 0.1) is 0 Å². The van der Waals surface area contributed by atoms with E-state index in [1.54, 1.807) is 49.8 Å². The summed E-state index contributed by atoms with van der Waals surface area (Å²) in [6.07, 6.45) is 5.31. The van der Waals surface area contributed by atoms with Crippen molar-refractivity contribution in [3.05, 3.63) is 119 Å². The van der Waals surface area contributed by atoms with Crippen LogP contribution in [0.25, 0.3) is 0 Å². The number of alkyl halides is 4. The summed E-state index contributed by atoms with van der Waals surface area (Å²) in [7, 11) is 0. The van der Waals surface area contributed by atoms with Crippen LogP contribution in [0.2, 0.25) is 0 Å². The second-order valence-corrected chi connectivity index (χ2v) is 8.49. The molecule has 0 unspecified atom stereocenters. The molecular formula is C28H24F4N2O3. The summed E-state index contributed by atoms with van der Waals surface area (Å²) in [6.45, 7) is -4.78. The Morgan fingerprint density at radius 2 is 1.46 bits per heavy atom. The van der Waals surface area contributed by atoms with Gasteiger partial charge in [0, 0.05) is 24.5 Å². The number of aromatic nitrogens is 2. The predicted octanol–water partition coefficient (Wildman–Crippen LogP) is 6.31. The lowest BCUT2D eigenvalue weighted by atomic mass is 9.85. The Kier molecular flexibility index (Phi) is 8.03. The highest BCUT2D eigenvalue weighted by Gasteiger charge is 2.28. The van der Waals surface area contributed by atoms with E-state index in [1.165, 1.54) is 18.2 Å². The summed E-state index contributed by atoms with van der Waals surface area (Å²) in [6, 6.07) is 20.2. The van der Waals surface area contributed by atoms with E-state index in [0.717, 1.165) is 11.1 Å². The minimum Gasteiger partial charge on any atom is -0.431 e. The third-order valence-corrected chi connectivity index (χ3v) is 6.01. The SMILES string of the molecule is C[C@](O)(c1ccccc1)c1ccc([C@@H](Cc2ccncc2)c2ccc(OC(F)F)c(OC(F)F)c2)cn1. The van der Waals surface area contributed by atoms with Gasteiger partial charge in [-0.25, -0.2) is 0 Å². The first-order chi connectivity index (χ1) is 17.7. The molecule has 0 bridgehead atoms. The zero-order chi connectivity index (χ0) is 26.4. The monoisotopic (exact) mass is 512 g/mol. The van der Waals surface area contributed by atoms with Crippen molar-refractivity contribution in [2.75, 3.05) is 0 Å². The van der Waals surface area contributed by atoms with Crippen molar-refractivity contribution in [3.63, 3.8) is 0 Å². The number of hydrogen-bond acceptors (Lipinski definition) is 5. The van der Waals surface area contributed by atoms with Crippen molar-refractivity contribution < 1.29 is 32.1 Å². The second kappa shape index (κ2) is 11.4. The topological polar surface area (TPSA) is 64.5 Å². The minimum atomic E-state index is -3.23. The van der Waals surface area contributed by atoms with Gasteiger partial charge in [-0.15, -0.1) is 0 Å². The summed E-state index contributed by atoms with van der Waals surface area (Å²) in [4.78, 5) is 8.53. The number of benzene rings is 2. The molecule has 2 aromatic carbocycles. The molecule has 2 aromatic heterocycles. The fourth-order valence-corrected chi connectivity index (χ4v) is 4.12. The molecule has 0 saturated carbocycles. The Bertz CT molecular complexity index is 1290. The fraction of sp³-hybridized carbons (Fsp3) is 0.214. The Labute approximate surface area is 211 Å². The summed E-state index contributed by atoms with van der Waals surface area (Å²) >= 11 is 0. The molecule has 0 saturated heterocycles. The molecule has 0 fully saturated rings. The van der Waals surface area contributed by atoms with E-state index in [1.807, 2.05) is 30.3 Å². The molecule has 192 valence electrons. The molecule has 0 aliphatic rings. The van der Waals surface area contributed by atoms with Gasteiger partial charge in [-0.2, -0.15) is 17.6 Å². The van der Waals surface area contributed by atoms with Gasteiger partial charge in [0.05, 0.1) is 5.69 Å². The normalized spacial score (nSPS) is 13.8. The molecule has 4 aromatic rings. The first kappa shape index (κ1) is 26.1. The zero-order valence-electron chi connectivity index (χ0n) is 19.8. The predicted molar refractivity (Wildman–Crippen MR) is 129 cm³/mol. The minimum absolute atomic E-state index is 0.411. The molecule has 0 aliphatic heterocycles. The number of pyridine rings is 2. The van der Waals surface area contributed by atoms with Gasteiger partial charge < -0.3 is 14.6 Å². The Hall–Kier alpha value is -3.98. The first-order valence-electron chi connectivity index (χ1n) is 11.4. The largest absolute Gasteiger partial charge is 0.431 e. The molecule has 0 aliphatic carbocycles. The van der Waals surface area contributed by atoms with Gasteiger partial charge in [-0.3, -0.25) is 9.97 Å². The van der Waals surface area contributed by atoms with Crippen LogP contribution < -0.4 is 9.47 Å². The van der Waals surface area contributed by atoms with Gasteiger partial charge in [-0.05, 0) is 65.9 Å². The molecule has 0 radical (unpaired) electrons. The van der Waals surface area contributed by atoms with Crippen LogP contribution in [0.4, 0.5) is 17.6 Å². The van der Waals surface area contributed by atoms with Gasteiger partial charge >= 0.3 is 13.2 Å². The first-order valence-corrected chi connectivity index (χ1v) is 11.4. The van der Waals surface area contributed by atoms with Crippen molar-refractivity contribution in [2.45, 2.75) is 38.1 Å². The van der Waals surface area contributed by atoms with E-state index in [0.29, 0.717) is 23.2 Å². The van der Waals surface area contributed by atoms with Gasteiger partial charge in [0.15, 0.2) is 11.5 Å². The molecule has 9 heteroatoms. The Morgan fingerprint density at radius 1 is 0.811 bits per heavy atom. The van der Waals surface area contributed by atoms with Crippen LogP contribution >= 0.6 is 0 Å². The lowest BCUT2D eigenvalue weighted by molar-refractivity contribution is -0.0692. The molecule has 0 amide bonds. The summed E-state index contributed by atoms with van der Waals surface area (Å²) in [5.74, 6) is -1.40. The number of hydrogen-bond donors (Lipinski definition) is 1. The summed E-state index contributed by atoms with van der Waals surface area (Å²) in [5, 5.41) is 11.1. The van der Waals surface area contributed by atoms with E-state index in [2.05, 4.69) is 19.4 Å². The fourth-order valence-electron chi connectivity index (χ4n) is 4.12. The highest BCUT2D eigenvalue weighted by Crippen LogP contribution is 2.37. The van der Waals surface area contributed by atoms with Gasteiger partial charge in [0.2, 0.25) is 0 Å². The maximum atomic E-state index is 13.0. The van der Waals surface area contributed by atoms with Crippen LogP contribution in [0.3, 0.4) is 0 Å². The maximum Gasteiger partial charge on any atom is 0.387 e. The van der Waals surface area contributed by atoms with Gasteiger partial charge in [0.1, 0.15) is 5.60 Å². The number of ether oxygens (including phenoxy) is 2. The Morgan fingerprint density at radius 3 is 2.08 bits per heavy atom. The molecule has 2 heterocycles. The highest BCUT2D eigenvalue weighted by atomic mass is 19.3. The Balaban J connectivity index is 1.73. The smallest absolute Gasteiger partial charge is 0.387 e. The number of rotatable bonds is 10. The van der Waals surface area contributed by atoms with E-state index in [-0.39, 0.29) is 0 Å². The summed E-state index contributed by atoms with van der Waals surface area (Å²) in [5.41, 5.74) is 1.91. The number of nitrogens with zero attached hydrogens (tertiary/aromatic N) is 2. The average Bonchev–Trinajstić information content (AvgIpc) is 2.89.